The van der Waals surface area contributed by atoms with Crippen molar-refractivity contribution in [3.05, 3.63) is 41.1 Å². The van der Waals surface area contributed by atoms with Gasteiger partial charge in [-0.3, -0.25) is 10.2 Å². The van der Waals surface area contributed by atoms with Crippen LogP contribution in [0.3, 0.4) is 0 Å². The number of nitrogens with zero attached hydrogens (tertiary/aromatic N) is 3. The SMILES string of the molecule is CCCC(=O)N(C)c1ccc(C)cc1C(=N)c1cnc(OC)nc1OC. The van der Waals surface area contributed by atoms with Crippen molar-refractivity contribution in [2.24, 2.45) is 0 Å². The summed E-state index contributed by atoms with van der Waals surface area (Å²) in [7, 11) is 4.67. The van der Waals surface area contributed by atoms with Gasteiger partial charge in [0.2, 0.25) is 11.8 Å². The van der Waals surface area contributed by atoms with Crippen molar-refractivity contribution >= 4 is 17.3 Å². The van der Waals surface area contributed by atoms with Crippen LogP contribution in [0.15, 0.2) is 24.4 Å². The number of methoxy groups -OCH3 is 2. The molecule has 2 rings (SSSR count). The lowest BCUT2D eigenvalue weighted by Crippen LogP contribution is -2.27. The number of nitrogens with one attached hydrogen (secondary N) is 1. The molecule has 1 N–H and O–H groups in total. The van der Waals surface area contributed by atoms with Gasteiger partial charge in [0.15, 0.2) is 0 Å². The zero-order valence-electron chi connectivity index (χ0n) is 15.8. The molecule has 0 fully saturated rings. The maximum atomic E-state index is 12.3. The molecule has 138 valence electrons. The fraction of sp³-hybridized carbons (Fsp3) is 0.368. The monoisotopic (exact) mass is 356 g/mol. The van der Waals surface area contributed by atoms with Crippen molar-refractivity contribution in [3.63, 3.8) is 0 Å². The Hall–Kier alpha value is -2.96. The maximum Gasteiger partial charge on any atom is 0.319 e. The maximum absolute atomic E-state index is 12.3. The van der Waals surface area contributed by atoms with Crippen LogP contribution < -0.4 is 14.4 Å². The highest BCUT2D eigenvalue weighted by Gasteiger charge is 2.21. The van der Waals surface area contributed by atoms with E-state index in [4.69, 9.17) is 14.9 Å². The first-order valence-electron chi connectivity index (χ1n) is 8.34. The zero-order chi connectivity index (χ0) is 19.3. The van der Waals surface area contributed by atoms with Gasteiger partial charge in [0, 0.05) is 25.2 Å². The number of carbonyl (C=O) groups is 1. The van der Waals surface area contributed by atoms with E-state index < -0.39 is 0 Å². The molecule has 26 heavy (non-hydrogen) atoms. The third-order valence-electron chi connectivity index (χ3n) is 4.00. The van der Waals surface area contributed by atoms with E-state index in [1.807, 2.05) is 32.0 Å². The Morgan fingerprint density at radius 2 is 1.96 bits per heavy atom. The lowest BCUT2D eigenvalue weighted by atomic mass is 9.99. The van der Waals surface area contributed by atoms with E-state index in [1.165, 1.54) is 20.4 Å². The number of hydrogen-bond donors (Lipinski definition) is 1. The number of amides is 1. The molecule has 2 aromatic rings. The van der Waals surface area contributed by atoms with Crippen LogP contribution in [0.5, 0.6) is 11.9 Å². The molecule has 7 heteroatoms. The highest BCUT2D eigenvalue weighted by atomic mass is 16.5. The van der Waals surface area contributed by atoms with Crippen LogP contribution in [0.2, 0.25) is 0 Å². The van der Waals surface area contributed by atoms with Gasteiger partial charge < -0.3 is 14.4 Å². The van der Waals surface area contributed by atoms with Gasteiger partial charge in [-0.15, -0.1) is 0 Å². The number of hydrogen-bond acceptors (Lipinski definition) is 6. The van der Waals surface area contributed by atoms with Crippen LogP contribution >= 0.6 is 0 Å². The van der Waals surface area contributed by atoms with E-state index in [-0.39, 0.29) is 23.5 Å². The van der Waals surface area contributed by atoms with Crippen LogP contribution in [0.4, 0.5) is 5.69 Å². The largest absolute Gasteiger partial charge is 0.480 e. The number of aromatic nitrogens is 2. The summed E-state index contributed by atoms with van der Waals surface area (Å²) >= 11 is 0. The molecule has 1 aromatic carbocycles. The molecule has 0 aliphatic heterocycles. The normalized spacial score (nSPS) is 10.3. The average molecular weight is 356 g/mol. The topological polar surface area (TPSA) is 88.4 Å². The Morgan fingerprint density at radius 1 is 1.23 bits per heavy atom. The Balaban J connectivity index is 2.52. The second-order valence-electron chi connectivity index (χ2n) is 5.88. The van der Waals surface area contributed by atoms with Crippen molar-refractivity contribution in [1.29, 1.82) is 5.41 Å². The molecule has 0 saturated heterocycles. The molecular formula is C19H24N4O3. The first-order valence-corrected chi connectivity index (χ1v) is 8.34. The van der Waals surface area contributed by atoms with E-state index in [2.05, 4.69) is 9.97 Å². The second-order valence-corrected chi connectivity index (χ2v) is 5.88. The Labute approximate surface area is 153 Å². The molecule has 0 aliphatic rings. The molecule has 0 aliphatic carbocycles. The Morgan fingerprint density at radius 3 is 2.58 bits per heavy atom. The third kappa shape index (κ3) is 3.99. The summed E-state index contributed by atoms with van der Waals surface area (Å²) in [5, 5.41) is 8.68. The molecule has 1 heterocycles. The van der Waals surface area contributed by atoms with Crippen molar-refractivity contribution in [2.75, 3.05) is 26.2 Å². The number of rotatable bonds is 7. The molecular weight excluding hydrogens is 332 g/mol. The third-order valence-corrected chi connectivity index (χ3v) is 4.00. The van der Waals surface area contributed by atoms with Crippen molar-refractivity contribution in [2.45, 2.75) is 26.7 Å². The summed E-state index contributed by atoms with van der Waals surface area (Å²) < 4.78 is 10.3. The van der Waals surface area contributed by atoms with Crippen LogP contribution in [-0.2, 0) is 4.79 Å². The van der Waals surface area contributed by atoms with Gasteiger partial charge in [-0.1, -0.05) is 18.6 Å². The van der Waals surface area contributed by atoms with E-state index in [9.17, 15) is 4.79 Å². The van der Waals surface area contributed by atoms with Crippen LogP contribution in [-0.4, -0.2) is 42.9 Å². The van der Waals surface area contributed by atoms with Gasteiger partial charge in [0.1, 0.15) is 0 Å². The van der Waals surface area contributed by atoms with Gasteiger partial charge in [0.05, 0.1) is 31.2 Å². The fourth-order valence-corrected chi connectivity index (χ4v) is 2.58. The smallest absolute Gasteiger partial charge is 0.319 e. The van der Waals surface area contributed by atoms with Gasteiger partial charge in [-0.2, -0.15) is 4.98 Å². The first kappa shape index (κ1) is 19.4. The number of carbonyl (C=O) groups excluding carboxylic acids is 1. The highest BCUT2D eigenvalue weighted by molar-refractivity contribution is 6.16. The number of aryl methyl sites for hydroxylation is 1. The molecule has 0 saturated carbocycles. The molecule has 0 unspecified atom stereocenters. The number of benzene rings is 1. The van der Waals surface area contributed by atoms with E-state index in [0.717, 1.165) is 12.0 Å². The Bertz CT molecular complexity index is 820. The zero-order valence-corrected chi connectivity index (χ0v) is 15.8. The fourth-order valence-electron chi connectivity index (χ4n) is 2.58. The van der Waals surface area contributed by atoms with Gasteiger partial charge in [-0.25, -0.2) is 4.98 Å². The van der Waals surface area contributed by atoms with E-state index in [1.54, 1.807) is 11.9 Å². The molecule has 0 atom stereocenters. The van der Waals surface area contributed by atoms with Crippen LogP contribution in [0.1, 0.15) is 36.5 Å². The van der Waals surface area contributed by atoms with Crippen molar-refractivity contribution in [3.8, 4) is 11.9 Å². The van der Waals surface area contributed by atoms with Gasteiger partial charge in [-0.05, 0) is 25.5 Å². The lowest BCUT2D eigenvalue weighted by molar-refractivity contribution is -0.118. The lowest BCUT2D eigenvalue weighted by Gasteiger charge is -2.22. The van der Waals surface area contributed by atoms with Crippen LogP contribution in [0.25, 0.3) is 0 Å². The predicted octanol–water partition coefficient (Wildman–Crippen LogP) is 2.98. The van der Waals surface area contributed by atoms with Gasteiger partial charge in [0.25, 0.3) is 0 Å². The molecule has 0 bridgehead atoms. The standard InChI is InChI=1S/C19H24N4O3/c1-6-7-16(24)23(3)15-9-8-12(2)10-13(15)17(20)14-11-21-19(26-5)22-18(14)25-4/h8-11,20H,6-7H2,1-5H3. The summed E-state index contributed by atoms with van der Waals surface area (Å²) in [6.07, 6.45) is 2.71. The minimum atomic E-state index is 0.00310. The molecule has 7 nitrogen and oxygen atoms in total. The average Bonchev–Trinajstić information content (AvgIpc) is 2.66. The summed E-state index contributed by atoms with van der Waals surface area (Å²) in [4.78, 5) is 22.1. The Kier molecular flexibility index (Phi) is 6.27. The summed E-state index contributed by atoms with van der Waals surface area (Å²) in [6, 6.07) is 5.81. The van der Waals surface area contributed by atoms with E-state index >= 15 is 0 Å². The number of ether oxygens (including phenoxy) is 2. The second kappa shape index (κ2) is 8.42. The summed E-state index contributed by atoms with van der Waals surface area (Å²) in [5.74, 6) is 0.250. The molecule has 0 spiro atoms. The quantitative estimate of drug-likeness (QED) is 0.771. The highest BCUT2D eigenvalue weighted by Crippen LogP contribution is 2.28. The molecule has 1 aromatic heterocycles. The molecule has 1 amide bonds. The van der Waals surface area contributed by atoms with Crippen LogP contribution in [0, 0.1) is 12.3 Å². The minimum absolute atomic E-state index is 0.00310. The number of anilines is 1. The minimum Gasteiger partial charge on any atom is -0.480 e. The first-order chi connectivity index (χ1) is 12.4. The molecule has 0 radical (unpaired) electrons. The summed E-state index contributed by atoms with van der Waals surface area (Å²) in [5.41, 5.74) is 2.87. The predicted molar refractivity (Wildman–Crippen MR) is 101 cm³/mol. The summed E-state index contributed by atoms with van der Waals surface area (Å²) in [6.45, 7) is 3.90. The van der Waals surface area contributed by atoms with E-state index in [0.29, 0.717) is 23.2 Å². The van der Waals surface area contributed by atoms with Gasteiger partial charge >= 0.3 is 6.01 Å². The van der Waals surface area contributed by atoms with Crippen molar-refractivity contribution < 1.29 is 14.3 Å². The van der Waals surface area contributed by atoms with Crippen molar-refractivity contribution in [1.82, 2.24) is 9.97 Å².